The average molecular weight is 326 g/mol. The van der Waals surface area contributed by atoms with E-state index in [0.717, 1.165) is 25.9 Å². The fourth-order valence-corrected chi connectivity index (χ4v) is 3.41. The first kappa shape index (κ1) is 16.7. The Balaban J connectivity index is 1.72. The molecule has 24 heavy (non-hydrogen) atoms. The number of carbonyl (C=O) groups excluding carboxylic acids is 1. The normalized spacial score (nSPS) is 18.1. The van der Waals surface area contributed by atoms with Gasteiger partial charge in [-0.15, -0.1) is 0 Å². The van der Waals surface area contributed by atoms with Gasteiger partial charge < -0.3 is 9.80 Å². The van der Waals surface area contributed by atoms with Gasteiger partial charge in [-0.2, -0.15) is 5.10 Å². The van der Waals surface area contributed by atoms with Crippen molar-refractivity contribution in [1.82, 2.24) is 19.6 Å². The van der Waals surface area contributed by atoms with E-state index in [-0.39, 0.29) is 11.9 Å². The van der Waals surface area contributed by atoms with Gasteiger partial charge in [0.05, 0.1) is 6.04 Å². The standard InChI is InChI=1S/C19H26N4O/c1-21(2)14-16-7-9-17(10-8-16)18-6-3-4-13-23(18)19(24)15-22-12-5-11-20-22/h5,7-12,18H,3-4,6,13-15H2,1-2H3/t18-/m0/s1. The summed E-state index contributed by atoms with van der Waals surface area (Å²) in [6, 6.07) is 10.8. The summed E-state index contributed by atoms with van der Waals surface area (Å²) < 4.78 is 1.70. The monoisotopic (exact) mass is 326 g/mol. The van der Waals surface area contributed by atoms with Crippen molar-refractivity contribution in [3.63, 3.8) is 0 Å². The predicted octanol–water partition coefficient (Wildman–Crippen LogP) is 2.70. The van der Waals surface area contributed by atoms with Crippen molar-refractivity contribution >= 4 is 5.91 Å². The van der Waals surface area contributed by atoms with E-state index in [1.54, 1.807) is 10.9 Å². The lowest BCUT2D eigenvalue weighted by atomic mass is 9.94. The van der Waals surface area contributed by atoms with Gasteiger partial charge in [0.2, 0.25) is 5.91 Å². The van der Waals surface area contributed by atoms with Crippen molar-refractivity contribution in [3.05, 3.63) is 53.9 Å². The first-order valence-electron chi connectivity index (χ1n) is 8.64. The van der Waals surface area contributed by atoms with Crippen molar-refractivity contribution in [3.8, 4) is 0 Å². The number of aromatic nitrogens is 2. The molecule has 1 aliphatic rings. The number of hydrogen-bond donors (Lipinski definition) is 0. The lowest BCUT2D eigenvalue weighted by Gasteiger charge is -2.36. The third-order valence-corrected chi connectivity index (χ3v) is 4.54. The second kappa shape index (κ2) is 7.62. The Kier molecular flexibility index (Phi) is 5.30. The molecule has 1 saturated heterocycles. The van der Waals surface area contributed by atoms with E-state index in [1.807, 2.05) is 17.2 Å². The van der Waals surface area contributed by atoms with Gasteiger partial charge in [0.1, 0.15) is 6.54 Å². The number of amides is 1. The van der Waals surface area contributed by atoms with Gasteiger partial charge in [-0.3, -0.25) is 9.48 Å². The van der Waals surface area contributed by atoms with E-state index in [2.05, 4.69) is 48.4 Å². The second-order valence-corrected chi connectivity index (χ2v) is 6.78. The fourth-order valence-electron chi connectivity index (χ4n) is 3.41. The molecule has 0 radical (unpaired) electrons. The highest BCUT2D eigenvalue weighted by molar-refractivity contribution is 5.76. The molecule has 5 nitrogen and oxygen atoms in total. The van der Waals surface area contributed by atoms with E-state index >= 15 is 0 Å². The van der Waals surface area contributed by atoms with Crippen LogP contribution in [-0.4, -0.2) is 46.1 Å². The molecule has 1 aliphatic heterocycles. The molecule has 1 amide bonds. The first-order chi connectivity index (χ1) is 11.6. The van der Waals surface area contributed by atoms with Crippen LogP contribution in [0, 0.1) is 0 Å². The smallest absolute Gasteiger partial charge is 0.244 e. The Bertz CT molecular complexity index is 649. The van der Waals surface area contributed by atoms with Crippen LogP contribution in [0.2, 0.25) is 0 Å². The number of nitrogens with zero attached hydrogens (tertiary/aromatic N) is 4. The SMILES string of the molecule is CN(C)Cc1ccc([C@@H]2CCCCN2C(=O)Cn2cccn2)cc1. The Labute approximate surface area is 143 Å². The van der Waals surface area contributed by atoms with Crippen molar-refractivity contribution in [2.75, 3.05) is 20.6 Å². The molecule has 5 heteroatoms. The minimum absolute atomic E-state index is 0.153. The molecular formula is C19H26N4O. The minimum atomic E-state index is 0.153. The summed E-state index contributed by atoms with van der Waals surface area (Å²) in [6.45, 7) is 2.10. The van der Waals surface area contributed by atoms with Crippen LogP contribution in [-0.2, 0) is 17.9 Å². The predicted molar refractivity (Wildman–Crippen MR) is 94.4 cm³/mol. The lowest BCUT2D eigenvalue weighted by Crippen LogP contribution is -2.40. The summed E-state index contributed by atoms with van der Waals surface area (Å²) in [7, 11) is 4.15. The second-order valence-electron chi connectivity index (χ2n) is 6.78. The summed E-state index contributed by atoms with van der Waals surface area (Å²) in [6.07, 6.45) is 6.85. The van der Waals surface area contributed by atoms with Crippen LogP contribution in [0.4, 0.5) is 0 Å². The topological polar surface area (TPSA) is 41.4 Å². The summed E-state index contributed by atoms with van der Waals surface area (Å²) in [5.41, 5.74) is 2.54. The Morgan fingerprint density at radius 2 is 2.04 bits per heavy atom. The molecule has 1 aromatic carbocycles. The highest BCUT2D eigenvalue weighted by Gasteiger charge is 2.28. The van der Waals surface area contributed by atoms with Crippen molar-refractivity contribution in [2.24, 2.45) is 0 Å². The zero-order chi connectivity index (χ0) is 16.9. The number of hydrogen-bond acceptors (Lipinski definition) is 3. The van der Waals surface area contributed by atoms with Crippen molar-refractivity contribution in [2.45, 2.75) is 38.4 Å². The van der Waals surface area contributed by atoms with Gasteiger partial charge >= 0.3 is 0 Å². The highest BCUT2D eigenvalue weighted by Crippen LogP contribution is 2.31. The molecule has 1 aromatic heterocycles. The van der Waals surface area contributed by atoms with Gasteiger partial charge in [0.25, 0.3) is 0 Å². The van der Waals surface area contributed by atoms with Crippen LogP contribution >= 0.6 is 0 Å². The minimum Gasteiger partial charge on any atom is -0.334 e. The van der Waals surface area contributed by atoms with Gasteiger partial charge in [-0.1, -0.05) is 24.3 Å². The maximum atomic E-state index is 12.7. The van der Waals surface area contributed by atoms with E-state index in [0.29, 0.717) is 6.54 Å². The molecule has 1 atom stereocenters. The van der Waals surface area contributed by atoms with Crippen LogP contribution in [0.1, 0.15) is 36.4 Å². The molecule has 3 rings (SSSR count). The molecule has 0 spiro atoms. The number of benzene rings is 1. The fraction of sp³-hybridized carbons (Fsp3) is 0.474. The van der Waals surface area contributed by atoms with Gasteiger partial charge in [0.15, 0.2) is 0 Å². The van der Waals surface area contributed by atoms with Gasteiger partial charge in [-0.25, -0.2) is 0 Å². The third-order valence-electron chi connectivity index (χ3n) is 4.54. The average Bonchev–Trinajstić information content (AvgIpc) is 3.08. The molecule has 0 N–H and O–H groups in total. The van der Waals surface area contributed by atoms with E-state index in [9.17, 15) is 4.79 Å². The molecule has 2 heterocycles. The van der Waals surface area contributed by atoms with Gasteiger partial charge in [-0.05, 0) is 50.6 Å². The zero-order valence-electron chi connectivity index (χ0n) is 14.6. The summed E-state index contributed by atoms with van der Waals surface area (Å²) in [5, 5.41) is 4.15. The highest BCUT2D eigenvalue weighted by atomic mass is 16.2. The summed E-state index contributed by atoms with van der Waals surface area (Å²) in [4.78, 5) is 16.9. The summed E-state index contributed by atoms with van der Waals surface area (Å²) in [5.74, 6) is 0.153. The molecule has 0 aliphatic carbocycles. The number of piperidine rings is 1. The Morgan fingerprint density at radius 3 is 2.71 bits per heavy atom. The maximum absolute atomic E-state index is 12.7. The maximum Gasteiger partial charge on any atom is 0.244 e. The molecule has 0 unspecified atom stereocenters. The van der Waals surface area contributed by atoms with Crippen molar-refractivity contribution in [1.29, 1.82) is 0 Å². The van der Waals surface area contributed by atoms with E-state index in [1.165, 1.54) is 17.5 Å². The molecule has 128 valence electrons. The van der Waals surface area contributed by atoms with Crippen LogP contribution in [0.25, 0.3) is 0 Å². The quantitative estimate of drug-likeness (QED) is 0.848. The third kappa shape index (κ3) is 4.03. The largest absolute Gasteiger partial charge is 0.334 e. The molecular weight excluding hydrogens is 300 g/mol. The Hall–Kier alpha value is -2.14. The van der Waals surface area contributed by atoms with E-state index < -0.39 is 0 Å². The molecule has 1 fully saturated rings. The lowest BCUT2D eigenvalue weighted by molar-refractivity contribution is -0.135. The van der Waals surface area contributed by atoms with Crippen LogP contribution < -0.4 is 0 Å². The van der Waals surface area contributed by atoms with Crippen LogP contribution in [0.3, 0.4) is 0 Å². The van der Waals surface area contributed by atoms with Crippen molar-refractivity contribution < 1.29 is 4.79 Å². The van der Waals surface area contributed by atoms with Crippen LogP contribution in [0.5, 0.6) is 0 Å². The first-order valence-corrected chi connectivity index (χ1v) is 8.64. The van der Waals surface area contributed by atoms with E-state index in [4.69, 9.17) is 0 Å². The molecule has 0 bridgehead atoms. The van der Waals surface area contributed by atoms with Gasteiger partial charge in [0, 0.05) is 25.5 Å². The number of rotatable bonds is 5. The van der Waals surface area contributed by atoms with Crippen LogP contribution in [0.15, 0.2) is 42.7 Å². The summed E-state index contributed by atoms with van der Waals surface area (Å²) >= 11 is 0. The molecule has 2 aromatic rings. The zero-order valence-corrected chi connectivity index (χ0v) is 14.6. The number of likely N-dealkylation sites (tertiary alicyclic amines) is 1. The molecule has 0 saturated carbocycles. The number of carbonyl (C=O) groups is 1. The Morgan fingerprint density at radius 1 is 1.25 bits per heavy atom.